The van der Waals surface area contributed by atoms with Gasteiger partial charge in [-0.2, -0.15) is 26.3 Å². The molecule has 2 saturated carbocycles. The molecule has 248 valence electrons. The standard InChI is InChI=1S/C27H28F6N2O2.C7H15N/c1-17-13-20-15-21(25(37,26(28,29)30)27(31,32)33)11-12-23(20)35(17)16-18-7-6-8-19(14-18)24(36)34(2)22-9-4-3-5-10-22;1-8-7-5-3-2-4-6-7/h6-8,11-15,22,37H,3-5,9-10,16H2,1-2H3;7-8H,2-6H2,1H3. The monoisotopic (exact) mass is 639 g/mol. The minimum absolute atomic E-state index is 0.0916. The number of alkyl halides is 6. The lowest BCUT2D eigenvalue weighted by Crippen LogP contribution is -2.53. The zero-order valence-corrected chi connectivity index (χ0v) is 26.1. The van der Waals surface area contributed by atoms with Crippen LogP contribution >= 0.6 is 0 Å². The summed E-state index contributed by atoms with van der Waals surface area (Å²) >= 11 is 0. The topological polar surface area (TPSA) is 57.5 Å². The van der Waals surface area contributed by atoms with Crippen LogP contribution in [-0.4, -0.2) is 59.0 Å². The van der Waals surface area contributed by atoms with Gasteiger partial charge in [0, 0.05) is 53.4 Å². The van der Waals surface area contributed by atoms with Crippen molar-refractivity contribution >= 4 is 16.8 Å². The molecule has 0 bridgehead atoms. The average Bonchev–Trinajstić information content (AvgIpc) is 3.33. The van der Waals surface area contributed by atoms with Crippen LogP contribution in [0.3, 0.4) is 0 Å². The van der Waals surface area contributed by atoms with Crippen molar-refractivity contribution in [3.05, 3.63) is 70.9 Å². The molecule has 2 fully saturated rings. The second-order valence-corrected chi connectivity index (χ2v) is 12.4. The number of carbonyl (C=O) groups is 1. The fourth-order valence-corrected chi connectivity index (χ4v) is 6.55. The molecule has 1 aromatic heterocycles. The molecule has 5 rings (SSSR count). The van der Waals surface area contributed by atoms with Crippen LogP contribution in [-0.2, 0) is 12.1 Å². The first kappa shape index (κ1) is 34.8. The summed E-state index contributed by atoms with van der Waals surface area (Å²) < 4.78 is 81.7. The number of nitrogens with zero attached hydrogens (tertiary/aromatic N) is 2. The smallest absolute Gasteiger partial charge is 0.369 e. The Hall–Kier alpha value is -3.05. The molecule has 3 aromatic rings. The maximum atomic E-state index is 13.3. The number of aryl methyl sites for hydroxylation is 1. The van der Waals surface area contributed by atoms with E-state index in [1.165, 1.54) is 44.6 Å². The predicted octanol–water partition coefficient (Wildman–Crippen LogP) is 8.25. The highest BCUT2D eigenvalue weighted by Gasteiger charge is 2.71. The molecule has 1 heterocycles. The maximum absolute atomic E-state index is 13.3. The van der Waals surface area contributed by atoms with Gasteiger partial charge in [0.15, 0.2) is 0 Å². The van der Waals surface area contributed by atoms with E-state index in [1.807, 2.05) is 6.07 Å². The highest BCUT2D eigenvalue weighted by molar-refractivity contribution is 5.94. The first-order valence-electron chi connectivity index (χ1n) is 15.7. The van der Waals surface area contributed by atoms with Gasteiger partial charge in [-0.15, -0.1) is 0 Å². The third-order valence-electron chi connectivity index (χ3n) is 9.32. The molecule has 1 amide bonds. The van der Waals surface area contributed by atoms with E-state index >= 15 is 0 Å². The molecule has 0 aliphatic heterocycles. The van der Waals surface area contributed by atoms with E-state index in [1.54, 1.807) is 41.6 Å². The summed E-state index contributed by atoms with van der Waals surface area (Å²) in [4.78, 5) is 14.9. The van der Waals surface area contributed by atoms with Crippen molar-refractivity contribution < 1.29 is 36.2 Å². The fraction of sp³-hybridized carbons (Fsp3) is 0.559. The average molecular weight is 640 g/mol. The Morgan fingerprint density at radius 3 is 2.04 bits per heavy atom. The van der Waals surface area contributed by atoms with Crippen LogP contribution in [0.2, 0.25) is 0 Å². The second kappa shape index (κ2) is 14.2. The summed E-state index contributed by atoms with van der Waals surface area (Å²) in [5.74, 6) is -0.0916. The van der Waals surface area contributed by atoms with Gasteiger partial charge >= 0.3 is 12.4 Å². The third-order valence-corrected chi connectivity index (χ3v) is 9.32. The maximum Gasteiger partial charge on any atom is 0.430 e. The molecule has 0 radical (unpaired) electrons. The van der Waals surface area contributed by atoms with E-state index in [0.717, 1.165) is 49.4 Å². The molecule has 11 heteroatoms. The number of amides is 1. The number of aliphatic hydroxyl groups is 1. The van der Waals surface area contributed by atoms with Crippen molar-refractivity contribution in [1.29, 1.82) is 0 Å². The number of hydrogen-bond donors (Lipinski definition) is 2. The summed E-state index contributed by atoms with van der Waals surface area (Å²) in [6, 6.07) is 12.1. The van der Waals surface area contributed by atoms with Crippen LogP contribution in [0.15, 0.2) is 48.5 Å². The Morgan fingerprint density at radius 1 is 0.889 bits per heavy atom. The summed E-state index contributed by atoms with van der Waals surface area (Å²) in [7, 11) is 3.87. The van der Waals surface area contributed by atoms with Crippen molar-refractivity contribution in [1.82, 2.24) is 14.8 Å². The van der Waals surface area contributed by atoms with Crippen molar-refractivity contribution in [2.24, 2.45) is 0 Å². The highest BCUT2D eigenvalue weighted by Crippen LogP contribution is 2.50. The number of aromatic nitrogens is 1. The minimum Gasteiger partial charge on any atom is -0.369 e. The lowest BCUT2D eigenvalue weighted by molar-refractivity contribution is -0.376. The van der Waals surface area contributed by atoms with Gasteiger partial charge in [0.2, 0.25) is 0 Å². The number of rotatable bonds is 6. The molecule has 2 aliphatic carbocycles. The molecule has 2 N–H and O–H groups in total. The molecule has 45 heavy (non-hydrogen) atoms. The molecular weight excluding hydrogens is 596 g/mol. The predicted molar refractivity (Wildman–Crippen MR) is 163 cm³/mol. The zero-order chi connectivity index (χ0) is 33.0. The van der Waals surface area contributed by atoms with E-state index in [9.17, 15) is 36.2 Å². The van der Waals surface area contributed by atoms with Crippen LogP contribution < -0.4 is 5.32 Å². The van der Waals surface area contributed by atoms with Crippen LogP contribution in [0.1, 0.15) is 91.4 Å². The van der Waals surface area contributed by atoms with E-state index in [2.05, 4.69) is 12.4 Å². The minimum atomic E-state index is -5.95. The van der Waals surface area contributed by atoms with Crippen LogP contribution in [0, 0.1) is 6.92 Å². The number of hydrogen-bond acceptors (Lipinski definition) is 3. The highest BCUT2D eigenvalue weighted by atomic mass is 19.4. The Bertz CT molecular complexity index is 1420. The second-order valence-electron chi connectivity index (χ2n) is 12.4. The Kier molecular flexibility index (Phi) is 11.0. The van der Waals surface area contributed by atoms with Gasteiger partial charge < -0.3 is 19.9 Å². The number of carbonyl (C=O) groups excluding carboxylic acids is 1. The SMILES string of the molecule is CNC1CCCCC1.Cc1cc2cc(C(O)(C(F)(F)F)C(F)(F)F)ccc2n1Cc1cccc(C(=O)N(C)C2CCCCC2)c1. The lowest BCUT2D eigenvalue weighted by atomic mass is 9.91. The molecule has 0 unspecified atom stereocenters. The Labute approximate surface area is 260 Å². The molecule has 2 aromatic carbocycles. The van der Waals surface area contributed by atoms with Crippen LogP contribution in [0.25, 0.3) is 10.9 Å². The summed E-state index contributed by atoms with van der Waals surface area (Å²) in [6.45, 7) is 1.94. The van der Waals surface area contributed by atoms with Gasteiger partial charge in [-0.1, -0.05) is 56.7 Å². The number of fused-ring (bicyclic) bond motifs is 1. The van der Waals surface area contributed by atoms with Crippen LogP contribution in [0.4, 0.5) is 26.3 Å². The summed E-state index contributed by atoms with van der Waals surface area (Å²) in [5, 5.41) is 13.2. The van der Waals surface area contributed by atoms with Gasteiger partial charge in [-0.05, 0) is 75.5 Å². The van der Waals surface area contributed by atoms with Crippen molar-refractivity contribution in [3.63, 3.8) is 0 Å². The van der Waals surface area contributed by atoms with E-state index in [4.69, 9.17) is 0 Å². The molecule has 0 saturated heterocycles. The largest absolute Gasteiger partial charge is 0.430 e. The number of halogens is 6. The first-order valence-corrected chi connectivity index (χ1v) is 15.7. The van der Waals surface area contributed by atoms with Crippen molar-refractivity contribution in [2.75, 3.05) is 14.1 Å². The Balaban J connectivity index is 0.000000501. The lowest BCUT2D eigenvalue weighted by Gasteiger charge is -2.32. The van der Waals surface area contributed by atoms with Crippen molar-refractivity contribution in [3.8, 4) is 0 Å². The van der Waals surface area contributed by atoms with Gasteiger partial charge in [0.05, 0.1) is 0 Å². The fourth-order valence-electron chi connectivity index (χ4n) is 6.55. The quantitative estimate of drug-likeness (QED) is 0.267. The first-order chi connectivity index (χ1) is 21.2. The van der Waals surface area contributed by atoms with E-state index in [-0.39, 0.29) is 23.9 Å². The van der Waals surface area contributed by atoms with Crippen molar-refractivity contribution in [2.45, 2.75) is 108 Å². The molecular formula is C34H43F6N3O2. The molecule has 0 spiro atoms. The third kappa shape index (κ3) is 7.68. The molecule has 2 aliphatic rings. The molecule has 0 atom stereocenters. The van der Waals surface area contributed by atoms with E-state index < -0.39 is 23.5 Å². The summed E-state index contributed by atoms with van der Waals surface area (Å²) in [5.41, 5.74) is -3.99. The van der Waals surface area contributed by atoms with E-state index in [0.29, 0.717) is 22.8 Å². The van der Waals surface area contributed by atoms with Gasteiger partial charge in [0.1, 0.15) is 0 Å². The summed E-state index contributed by atoms with van der Waals surface area (Å²) in [6.07, 6.45) is 0.517. The normalized spacial score (nSPS) is 17.2. The zero-order valence-electron chi connectivity index (χ0n) is 26.1. The Morgan fingerprint density at radius 2 is 1.49 bits per heavy atom. The van der Waals surface area contributed by atoms with Gasteiger partial charge in [0.25, 0.3) is 11.5 Å². The van der Waals surface area contributed by atoms with Crippen LogP contribution in [0.5, 0.6) is 0 Å². The number of nitrogens with one attached hydrogen (secondary N) is 1. The molecule has 5 nitrogen and oxygen atoms in total. The van der Waals surface area contributed by atoms with Gasteiger partial charge in [-0.25, -0.2) is 0 Å². The number of benzene rings is 2. The van der Waals surface area contributed by atoms with Gasteiger partial charge in [-0.3, -0.25) is 4.79 Å².